The van der Waals surface area contributed by atoms with Crippen LogP contribution in [0.1, 0.15) is 296 Å². The van der Waals surface area contributed by atoms with Gasteiger partial charge in [0.15, 0.2) is 0 Å². The zero-order valence-corrected chi connectivity index (χ0v) is 37.4. The van der Waals surface area contributed by atoms with E-state index >= 15 is 0 Å². The van der Waals surface area contributed by atoms with Crippen molar-refractivity contribution in [2.24, 2.45) is 0 Å². The van der Waals surface area contributed by atoms with Crippen LogP contribution in [0.4, 0.5) is 0 Å². The minimum Gasteiger partial charge on any atom is -0.234 e. The molecule has 0 amide bonds. The molecular formula is C51H101N2+. The molecule has 1 rings (SSSR count). The van der Waals surface area contributed by atoms with Gasteiger partial charge in [0.2, 0.25) is 0 Å². The lowest BCUT2D eigenvalue weighted by Gasteiger charge is -2.07. The van der Waals surface area contributed by atoms with Crippen molar-refractivity contribution in [1.82, 2.24) is 4.57 Å². The average Bonchev–Trinajstić information content (AvgIpc) is 3.55. The maximum absolute atomic E-state index is 2.66. The Labute approximate surface area is 336 Å². The molecule has 0 aliphatic carbocycles. The van der Waals surface area contributed by atoms with E-state index in [0.717, 1.165) is 0 Å². The zero-order chi connectivity index (χ0) is 38.0. The van der Waals surface area contributed by atoms with Crippen molar-refractivity contribution < 1.29 is 4.57 Å². The zero-order valence-electron chi connectivity index (χ0n) is 37.4. The Morgan fingerprint density at radius 3 is 0.906 bits per heavy atom. The third-order valence-electron chi connectivity index (χ3n) is 12.3. The van der Waals surface area contributed by atoms with Crippen LogP contribution in [0.2, 0.25) is 0 Å². The molecule has 0 fully saturated rings. The Morgan fingerprint density at radius 2 is 0.585 bits per heavy atom. The van der Waals surface area contributed by atoms with Crippen LogP contribution in [-0.2, 0) is 19.5 Å². The van der Waals surface area contributed by atoms with Crippen LogP contribution in [0, 0.1) is 0 Å². The van der Waals surface area contributed by atoms with E-state index in [4.69, 9.17) is 0 Å². The molecule has 1 aromatic rings. The maximum Gasteiger partial charge on any atom is 0.256 e. The minimum absolute atomic E-state index is 1.23. The van der Waals surface area contributed by atoms with Crippen LogP contribution in [0.3, 0.4) is 0 Å². The number of hydrogen-bond acceptors (Lipinski definition) is 0. The highest BCUT2D eigenvalue weighted by Crippen LogP contribution is 2.17. The summed E-state index contributed by atoms with van der Waals surface area (Å²) in [6.07, 6.45) is 66.8. The molecular weight excluding hydrogens is 641 g/mol. The van der Waals surface area contributed by atoms with Gasteiger partial charge in [-0.3, -0.25) is 0 Å². The fourth-order valence-corrected chi connectivity index (χ4v) is 8.62. The van der Waals surface area contributed by atoms with E-state index in [1.165, 1.54) is 289 Å². The van der Waals surface area contributed by atoms with E-state index < -0.39 is 0 Å². The number of hydrogen-bond donors (Lipinski definition) is 0. The third-order valence-corrected chi connectivity index (χ3v) is 12.3. The second-order valence-corrected chi connectivity index (χ2v) is 17.6. The lowest BCUT2D eigenvalue weighted by Crippen LogP contribution is -2.37. The number of aromatic nitrogens is 2. The highest BCUT2D eigenvalue weighted by atomic mass is 15.1. The monoisotopic (exact) mass is 742 g/mol. The normalized spacial score (nSPS) is 11.7. The minimum atomic E-state index is 1.23. The van der Waals surface area contributed by atoms with Crippen LogP contribution >= 0.6 is 0 Å². The number of rotatable bonds is 45. The second kappa shape index (κ2) is 42.4. The molecule has 0 atom stereocenters. The van der Waals surface area contributed by atoms with Crippen LogP contribution in [0.15, 0.2) is 12.4 Å². The molecule has 0 aliphatic rings. The summed E-state index contributed by atoms with van der Waals surface area (Å²) in [7, 11) is 0. The molecule has 2 heteroatoms. The molecule has 0 unspecified atom stereocenters. The summed E-state index contributed by atoms with van der Waals surface area (Å²) < 4.78 is 5.32. The van der Waals surface area contributed by atoms with Crippen molar-refractivity contribution in [3.05, 3.63) is 18.2 Å². The van der Waals surface area contributed by atoms with Gasteiger partial charge in [-0.2, -0.15) is 0 Å². The first-order valence-electron chi connectivity index (χ1n) is 25.4. The predicted molar refractivity (Wildman–Crippen MR) is 239 cm³/mol. The van der Waals surface area contributed by atoms with E-state index in [9.17, 15) is 0 Å². The topological polar surface area (TPSA) is 8.81 Å². The molecule has 314 valence electrons. The SMILES string of the molecule is CCCCCCCCCCCCCCCCCCCc1n(CCCCCCCCCCCCCC)cc[n+]1CCCCCCCCCCCCCCC. The fourth-order valence-electron chi connectivity index (χ4n) is 8.62. The molecule has 0 saturated carbocycles. The van der Waals surface area contributed by atoms with Crippen molar-refractivity contribution in [3.63, 3.8) is 0 Å². The number of aryl methyl sites for hydroxylation is 2. The summed E-state index contributed by atoms with van der Waals surface area (Å²) in [4.78, 5) is 0. The standard InChI is InChI=1S/C51H101N2/c1-4-7-10-13-16-19-22-25-26-27-28-29-31-34-37-40-43-46-51-52(47-44-41-38-35-32-24-21-18-15-12-9-6-3)49-50-53(51)48-45-42-39-36-33-30-23-20-17-14-11-8-5-2/h49-50H,4-48H2,1-3H3/q+1. The first-order valence-corrected chi connectivity index (χ1v) is 25.4. The molecule has 0 aliphatic heterocycles. The van der Waals surface area contributed by atoms with Crippen LogP contribution in [-0.4, -0.2) is 4.57 Å². The van der Waals surface area contributed by atoms with E-state index in [1.807, 2.05) is 0 Å². The van der Waals surface area contributed by atoms with Gasteiger partial charge in [0.25, 0.3) is 5.82 Å². The molecule has 0 spiro atoms. The Hall–Kier alpha value is -0.790. The van der Waals surface area contributed by atoms with Gasteiger partial charge in [-0.15, -0.1) is 0 Å². The van der Waals surface area contributed by atoms with Gasteiger partial charge in [-0.25, -0.2) is 9.13 Å². The summed E-state index contributed by atoms with van der Waals surface area (Å²) in [5.74, 6) is 1.63. The van der Waals surface area contributed by atoms with E-state index in [0.29, 0.717) is 0 Å². The van der Waals surface area contributed by atoms with E-state index in [2.05, 4.69) is 42.3 Å². The fraction of sp³-hybridized carbons (Fsp3) is 0.941. The molecule has 2 nitrogen and oxygen atoms in total. The Morgan fingerprint density at radius 1 is 0.321 bits per heavy atom. The molecule has 53 heavy (non-hydrogen) atoms. The first-order chi connectivity index (χ1) is 26.3. The van der Waals surface area contributed by atoms with Gasteiger partial charge in [-0.1, -0.05) is 258 Å². The molecule has 0 aromatic carbocycles. The maximum atomic E-state index is 2.66. The predicted octanol–water partition coefficient (Wildman–Crippen LogP) is 17.8. The smallest absolute Gasteiger partial charge is 0.234 e. The molecule has 0 bridgehead atoms. The molecule has 1 aromatic heterocycles. The number of imidazole rings is 1. The number of unbranched alkanes of at least 4 members (excludes halogenated alkanes) is 39. The van der Waals surface area contributed by atoms with Crippen LogP contribution in [0.5, 0.6) is 0 Å². The van der Waals surface area contributed by atoms with Crippen LogP contribution < -0.4 is 4.57 Å². The van der Waals surface area contributed by atoms with Crippen LogP contribution in [0.25, 0.3) is 0 Å². The molecule has 0 saturated heterocycles. The van der Waals surface area contributed by atoms with Crippen molar-refractivity contribution >= 4 is 0 Å². The Kier molecular flexibility index (Phi) is 40.1. The number of nitrogens with zero attached hydrogens (tertiary/aromatic N) is 2. The molecule has 0 N–H and O–H groups in total. The van der Waals surface area contributed by atoms with Gasteiger partial charge in [-0.05, 0) is 32.1 Å². The summed E-state index contributed by atoms with van der Waals surface area (Å²) in [5.41, 5.74) is 0. The van der Waals surface area contributed by atoms with Crippen molar-refractivity contribution in [2.75, 3.05) is 0 Å². The summed E-state index contributed by atoms with van der Waals surface area (Å²) in [6, 6.07) is 0. The van der Waals surface area contributed by atoms with Gasteiger partial charge >= 0.3 is 0 Å². The quantitative estimate of drug-likeness (QED) is 0.0465. The highest BCUT2D eigenvalue weighted by Gasteiger charge is 2.16. The van der Waals surface area contributed by atoms with Crippen molar-refractivity contribution in [1.29, 1.82) is 0 Å². The summed E-state index contributed by atoms with van der Waals surface area (Å²) >= 11 is 0. The largest absolute Gasteiger partial charge is 0.256 e. The van der Waals surface area contributed by atoms with E-state index in [1.54, 1.807) is 5.82 Å². The second-order valence-electron chi connectivity index (χ2n) is 17.6. The van der Waals surface area contributed by atoms with Gasteiger partial charge in [0, 0.05) is 6.42 Å². The molecule has 0 radical (unpaired) electrons. The van der Waals surface area contributed by atoms with Crippen molar-refractivity contribution in [3.8, 4) is 0 Å². The van der Waals surface area contributed by atoms with Crippen molar-refractivity contribution in [2.45, 2.75) is 310 Å². The average molecular weight is 742 g/mol. The molecule has 1 heterocycles. The lowest BCUT2D eigenvalue weighted by molar-refractivity contribution is -0.704. The lowest BCUT2D eigenvalue weighted by atomic mass is 10.0. The van der Waals surface area contributed by atoms with Gasteiger partial charge in [0.05, 0.1) is 13.1 Å². The van der Waals surface area contributed by atoms with Gasteiger partial charge < -0.3 is 0 Å². The van der Waals surface area contributed by atoms with E-state index in [-0.39, 0.29) is 0 Å². The Balaban J connectivity index is 2.25. The first kappa shape index (κ1) is 50.2. The summed E-state index contributed by atoms with van der Waals surface area (Å²) in [5, 5.41) is 0. The highest BCUT2D eigenvalue weighted by molar-refractivity contribution is 4.84. The Bertz CT molecular complexity index is 811. The third kappa shape index (κ3) is 34.2. The van der Waals surface area contributed by atoms with Gasteiger partial charge in [0.1, 0.15) is 12.4 Å². The summed E-state index contributed by atoms with van der Waals surface area (Å²) in [6.45, 7) is 9.42.